The maximum Gasteiger partial charge on any atom is 0.164 e. The first-order valence-electron chi connectivity index (χ1n) is 5.44. The Hall–Kier alpha value is -0.600. The third kappa shape index (κ3) is 2.93. The summed E-state index contributed by atoms with van der Waals surface area (Å²) < 4.78 is 11.7. The van der Waals surface area contributed by atoms with E-state index in [1.807, 2.05) is 26.8 Å². The largest absolute Gasteiger partial charge is 0.344 e. The number of hydrogen-bond donors (Lipinski definition) is 0. The van der Waals surface area contributed by atoms with Gasteiger partial charge in [-0.1, -0.05) is 17.7 Å². The second-order valence-corrected chi connectivity index (χ2v) is 5.01. The summed E-state index contributed by atoms with van der Waals surface area (Å²) in [4.78, 5) is 0. The molecule has 2 atom stereocenters. The average molecular weight is 210 g/mol. The highest BCUT2D eigenvalue weighted by Gasteiger charge is 2.47. The van der Waals surface area contributed by atoms with Gasteiger partial charge in [-0.05, 0) is 41.0 Å². The van der Waals surface area contributed by atoms with Gasteiger partial charge in [-0.25, -0.2) is 0 Å². The summed E-state index contributed by atoms with van der Waals surface area (Å²) in [5.41, 5.74) is 0.921. The van der Waals surface area contributed by atoms with Gasteiger partial charge in [0.1, 0.15) is 5.60 Å². The molecule has 0 aromatic heterocycles. The van der Waals surface area contributed by atoms with Crippen LogP contribution in [0.1, 0.15) is 41.0 Å². The number of hydrogen-bond acceptors (Lipinski definition) is 2. The molecule has 0 N–H and O–H groups in total. The van der Waals surface area contributed by atoms with E-state index in [0.717, 1.165) is 6.42 Å². The zero-order chi connectivity index (χ0) is 11.7. The van der Waals surface area contributed by atoms with Crippen LogP contribution in [0.4, 0.5) is 0 Å². The predicted molar refractivity (Wildman–Crippen MR) is 62.7 cm³/mol. The van der Waals surface area contributed by atoms with Gasteiger partial charge in [0.15, 0.2) is 5.79 Å². The smallest absolute Gasteiger partial charge is 0.164 e. The van der Waals surface area contributed by atoms with Gasteiger partial charge in [-0.2, -0.15) is 0 Å². The monoisotopic (exact) mass is 210 g/mol. The van der Waals surface area contributed by atoms with E-state index in [1.165, 1.54) is 5.57 Å². The van der Waals surface area contributed by atoms with Gasteiger partial charge in [-0.15, -0.1) is 6.58 Å². The maximum atomic E-state index is 5.87. The van der Waals surface area contributed by atoms with Crippen LogP contribution in [0, 0.1) is 0 Å². The third-order valence-electron chi connectivity index (χ3n) is 2.68. The summed E-state index contributed by atoms with van der Waals surface area (Å²) in [6, 6.07) is 0. The second kappa shape index (κ2) is 4.11. The molecule has 86 valence electrons. The van der Waals surface area contributed by atoms with Crippen LogP contribution in [-0.2, 0) is 9.47 Å². The van der Waals surface area contributed by atoms with E-state index in [1.54, 1.807) is 0 Å². The second-order valence-electron chi connectivity index (χ2n) is 5.01. The minimum atomic E-state index is -0.511. The molecule has 0 aromatic rings. The summed E-state index contributed by atoms with van der Waals surface area (Å²) in [7, 11) is 0. The molecule has 0 saturated carbocycles. The fraction of sp³-hybridized carbons (Fsp3) is 0.692. The average Bonchev–Trinajstić information content (AvgIpc) is 2.33. The third-order valence-corrected chi connectivity index (χ3v) is 2.68. The van der Waals surface area contributed by atoms with Gasteiger partial charge in [0, 0.05) is 0 Å². The Morgan fingerprint density at radius 2 is 1.93 bits per heavy atom. The molecule has 0 spiro atoms. The Bertz CT molecular complexity index is 274. The van der Waals surface area contributed by atoms with Gasteiger partial charge in [0.25, 0.3) is 0 Å². The first kappa shape index (κ1) is 12.5. The van der Waals surface area contributed by atoms with Gasteiger partial charge >= 0.3 is 0 Å². The van der Waals surface area contributed by atoms with Crippen molar-refractivity contribution in [2.24, 2.45) is 0 Å². The van der Waals surface area contributed by atoms with Crippen molar-refractivity contribution in [2.75, 3.05) is 0 Å². The summed E-state index contributed by atoms with van der Waals surface area (Å²) >= 11 is 0. The molecule has 0 aromatic carbocycles. The molecule has 0 bridgehead atoms. The predicted octanol–water partition coefficient (Wildman–Crippen LogP) is 3.44. The fourth-order valence-corrected chi connectivity index (χ4v) is 1.88. The van der Waals surface area contributed by atoms with Crippen molar-refractivity contribution >= 4 is 0 Å². The molecule has 1 aliphatic heterocycles. The Kier molecular flexibility index (Phi) is 3.41. The standard InChI is InChI=1S/C13H22O2/c1-7-13(6)11(9-8-10(2)3)14-12(4,5)15-13/h7-8,11H,1,9H2,2-6H3/t11-,13-/m1/s1. The van der Waals surface area contributed by atoms with Crippen LogP contribution in [0.3, 0.4) is 0 Å². The van der Waals surface area contributed by atoms with E-state index in [0.29, 0.717) is 0 Å². The van der Waals surface area contributed by atoms with E-state index in [2.05, 4.69) is 26.5 Å². The van der Waals surface area contributed by atoms with Crippen LogP contribution < -0.4 is 0 Å². The highest BCUT2D eigenvalue weighted by Crippen LogP contribution is 2.38. The summed E-state index contributed by atoms with van der Waals surface area (Å²) in [5, 5.41) is 0. The van der Waals surface area contributed by atoms with Crippen LogP contribution in [0.2, 0.25) is 0 Å². The molecule has 0 unspecified atom stereocenters. The lowest BCUT2D eigenvalue weighted by atomic mass is 9.96. The van der Waals surface area contributed by atoms with Crippen LogP contribution >= 0.6 is 0 Å². The van der Waals surface area contributed by atoms with Crippen LogP contribution in [0.15, 0.2) is 24.3 Å². The van der Waals surface area contributed by atoms with Gasteiger partial charge < -0.3 is 9.47 Å². The van der Waals surface area contributed by atoms with Crippen molar-refractivity contribution in [2.45, 2.75) is 58.5 Å². The lowest BCUT2D eigenvalue weighted by Crippen LogP contribution is -2.34. The Morgan fingerprint density at radius 1 is 1.33 bits per heavy atom. The lowest BCUT2D eigenvalue weighted by Gasteiger charge is -2.24. The van der Waals surface area contributed by atoms with E-state index in [-0.39, 0.29) is 11.7 Å². The highest BCUT2D eigenvalue weighted by molar-refractivity contribution is 5.08. The molecule has 1 heterocycles. The van der Waals surface area contributed by atoms with Crippen molar-refractivity contribution in [3.8, 4) is 0 Å². The molecule has 1 rings (SSSR count). The van der Waals surface area contributed by atoms with Crippen LogP contribution in [-0.4, -0.2) is 17.5 Å². The molecule has 15 heavy (non-hydrogen) atoms. The first-order valence-corrected chi connectivity index (χ1v) is 5.44. The number of ether oxygens (including phenoxy) is 2. The molecular weight excluding hydrogens is 188 g/mol. The van der Waals surface area contributed by atoms with E-state index >= 15 is 0 Å². The highest BCUT2D eigenvalue weighted by atomic mass is 16.8. The molecule has 1 fully saturated rings. The Balaban J connectivity index is 2.78. The van der Waals surface area contributed by atoms with E-state index < -0.39 is 5.79 Å². The van der Waals surface area contributed by atoms with Crippen molar-refractivity contribution in [3.63, 3.8) is 0 Å². The molecule has 0 radical (unpaired) electrons. The van der Waals surface area contributed by atoms with Gasteiger partial charge in [-0.3, -0.25) is 0 Å². The molecule has 0 amide bonds. The Labute approximate surface area is 93.0 Å². The molecule has 2 nitrogen and oxygen atoms in total. The quantitative estimate of drug-likeness (QED) is 0.664. The molecular formula is C13H22O2. The maximum absolute atomic E-state index is 5.87. The molecule has 0 aliphatic carbocycles. The van der Waals surface area contributed by atoms with Crippen molar-refractivity contribution < 1.29 is 9.47 Å². The number of allylic oxidation sites excluding steroid dienone is 1. The van der Waals surface area contributed by atoms with Gasteiger partial charge in [0.2, 0.25) is 0 Å². The Morgan fingerprint density at radius 3 is 2.40 bits per heavy atom. The SMILES string of the molecule is C=C[C@@]1(C)OC(C)(C)O[C@@H]1CC=C(C)C. The molecule has 2 heteroatoms. The zero-order valence-electron chi connectivity index (χ0n) is 10.5. The normalized spacial score (nSPS) is 33.8. The first-order chi connectivity index (χ1) is 6.79. The minimum Gasteiger partial charge on any atom is -0.344 e. The van der Waals surface area contributed by atoms with Crippen LogP contribution in [0.25, 0.3) is 0 Å². The molecule has 1 aliphatic rings. The van der Waals surface area contributed by atoms with E-state index in [4.69, 9.17) is 9.47 Å². The summed E-state index contributed by atoms with van der Waals surface area (Å²) in [6.07, 6.45) is 4.94. The van der Waals surface area contributed by atoms with Crippen molar-refractivity contribution in [1.29, 1.82) is 0 Å². The van der Waals surface area contributed by atoms with E-state index in [9.17, 15) is 0 Å². The van der Waals surface area contributed by atoms with Crippen LogP contribution in [0.5, 0.6) is 0 Å². The van der Waals surface area contributed by atoms with Gasteiger partial charge in [0.05, 0.1) is 6.10 Å². The minimum absolute atomic E-state index is 0.0555. The lowest BCUT2D eigenvalue weighted by molar-refractivity contribution is -0.153. The summed E-state index contributed by atoms with van der Waals surface area (Å²) in [5.74, 6) is -0.511. The number of rotatable bonds is 3. The fourth-order valence-electron chi connectivity index (χ4n) is 1.88. The van der Waals surface area contributed by atoms with Crippen molar-refractivity contribution in [3.05, 3.63) is 24.3 Å². The molecule has 1 saturated heterocycles. The topological polar surface area (TPSA) is 18.5 Å². The van der Waals surface area contributed by atoms with Crippen molar-refractivity contribution in [1.82, 2.24) is 0 Å². The summed E-state index contributed by atoms with van der Waals surface area (Å²) in [6.45, 7) is 13.9. The zero-order valence-corrected chi connectivity index (χ0v) is 10.5.